The lowest BCUT2D eigenvalue weighted by Crippen LogP contribution is -2.26. The predicted octanol–water partition coefficient (Wildman–Crippen LogP) is 3.25. The van der Waals surface area contributed by atoms with E-state index in [1.165, 1.54) is 0 Å². The quantitative estimate of drug-likeness (QED) is 0.758. The zero-order valence-corrected chi connectivity index (χ0v) is 16.3. The molecule has 5 nitrogen and oxygen atoms in total. The molecular formula is C16H22BrN3O2S. The van der Waals surface area contributed by atoms with Gasteiger partial charge in [0.1, 0.15) is 0 Å². The maximum absolute atomic E-state index is 12.4. The minimum absolute atomic E-state index is 0.353. The molecule has 0 spiro atoms. The Bertz CT molecular complexity index is 813. The summed E-state index contributed by atoms with van der Waals surface area (Å²) in [7, 11) is -3.47. The van der Waals surface area contributed by atoms with Crippen molar-refractivity contribution in [1.29, 1.82) is 0 Å². The molecule has 0 saturated heterocycles. The monoisotopic (exact) mass is 399 g/mol. The van der Waals surface area contributed by atoms with E-state index in [9.17, 15) is 8.42 Å². The summed E-state index contributed by atoms with van der Waals surface area (Å²) in [5, 5.41) is 4.42. The zero-order chi connectivity index (χ0) is 17.2. The molecule has 0 fully saturated rings. The molecule has 0 atom stereocenters. The highest BCUT2D eigenvalue weighted by Gasteiger charge is 2.16. The van der Waals surface area contributed by atoms with E-state index in [0.29, 0.717) is 24.4 Å². The van der Waals surface area contributed by atoms with Crippen LogP contribution in [-0.4, -0.2) is 24.7 Å². The summed E-state index contributed by atoms with van der Waals surface area (Å²) in [5.41, 5.74) is 3.69. The summed E-state index contributed by atoms with van der Waals surface area (Å²) in [4.78, 5) is 0.353. The summed E-state index contributed by atoms with van der Waals surface area (Å²) >= 11 is 3.49. The molecule has 0 bridgehead atoms. The van der Waals surface area contributed by atoms with Crippen molar-refractivity contribution in [1.82, 2.24) is 14.5 Å². The van der Waals surface area contributed by atoms with Crippen molar-refractivity contribution in [2.45, 2.75) is 45.6 Å². The number of benzene rings is 1. The van der Waals surface area contributed by atoms with E-state index in [4.69, 9.17) is 0 Å². The highest BCUT2D eigenvalue weighted by molar-refractivity contribution is 9.10. The normalized spacial score (nSPS) is 11.9. The number of nitrogens with zero attached hydrogens (tertiary/aromatic N) is 2. The van der Waals surface area contributed by atoms with Crippen molar-refractivity contribution in [3.63, 3.8) is 0 Å². The van der Waals surface area contributed by atoms with E-state index in [0.717, 1.165) is 27.0 Å². The standard InChI is InChI=1S/C16H22BrN3O2S/c1-11-6-7-12(2)15(10-11)23(21,22)18-8-5-9-20-14(4)16(17)13(3)19-20/h6-7,10,18H,5,8-9H2,1-4H3. The minimum Gasteiger partial charge on any atom is -0.268 e. The number of rotatable bonds is 6. The molecule has 126 valence electrons. The van der Waals surface area contributed by atoms with Crippen LogP contribution >= 0.6 is 15.9 Å². The predicted molar refractivity (Wildman–Crippen MR) is 95.1 cm³/mol. The number of hydrogen-bond donors (Lipinski definition) is 1. The molecule has 23 heavy (non-hydrogen) atoms. The number of aryl methyl sites for hydroxylation is 4. The average molecular weight is 400 g/mol. The molecular weight excluding hydrogens is 378 g/mol. The molecule has 1 aromatic heterocycles. The Balaban J connectivity index is 1.97. The van der Waals surface area contributed by atoms with Gasteiger partial charge in [0.05, 0.1) is 15.1 Å². The summed E-state index contributed by atoms with van der Waals surface area (Å²) in [6.45, 7) is 8.68. The van der Waals surface area contributed by atoms with Crippen LogP contribution in [0.25, 0.3) is 0 Å². The number of sulfonamides is 1. The van der Waals surface area contributed by atoms with Crippen LogP contribution in [0.2, 0.25) is 0 Å². The third kappa shape index (κ3) is 4.22. The van der Waals surface area contributed by atoms with Gasteiger partial charge in [-0.3, -0.25) is 4.68 Å². The number of halogens is 1. The molecule has 0 saturated carbocycles. The molecule has 0 aliphatic rings. The van der Waals surface area contributed by atoms with Crippen LogP contribution < -0.4 is 4.72 Å². The van der Waals surface area contributed by atoms with E-state index >= 15 is 0 Å². The molecule has 7 heteroatoms. The van der Waals surface area contributed by atoms with Gasteiger partial charge in [-0.2, -0.15) is 5.10 Å². The van der Waals surface area contributed by atoms with Gasteiger partial charge in [-0.25, -0.2) is 13.1 Å². The molecule has 2 rings (SSSR count). The van der Waals surface area contributed by atoms with Gasteiger partial charge in [0.2, 0.25) is 10.0 Å². The van der Waals surface area contributed by atoms with Gasteiger partial charge in [0.15, 0.2) is 0 Å². The Morgan fingerprint density at radius 1 is 1.22 bits per heavy atom. The number of hydrogen-bond acceptors (Lipinski definition) is 3. The van der Waals surface area contributed by atoms with Crippen LogP contribution in [0.15, 0.2) is 27.6 Å². The third-order valence-electron chi connectivity index (χ3n) is 3.77. The van der Waals surface area contributed by atoms with Gasteiger partial charge in [0.25, 0.3) is 0 Å². The lowest BCUT2D eigenvalue weighted by atomic mass is 10.2. The lowest BCUT2D eigenvalue weighted by molar-refractivity contribution is 0.543. The van der Waals surface area contributed by atoms with Crippen molar-refractivity contribution in [3.05, 3.63) is 45.2 Å². The van der Waals surface area contributed by atoms with Crippen molar-refractivity contribution < 1.29 is 8.42 Å². The van der Waals surface area contributed by atoms with Gasteiger partial charge in [0, 0.05) is 18.8 Å². The van der Waals surface area contributed by atoms with E-state index in [2.05, 4.69) is 25.8 Å². The summed E-state index contributed by atoms with van der Waals surface area (Å²) in [6, 6.07) is 5.45. The second-order valence-corrected chi connectivity index (χ2v) is 8.26. The lowest BCUT2D eigenvalue weighted by Gasteiger charge is -2.10. The van der Waals surface area contributed by atoms with Crippen LogP contribution in [-0.2, 0) is 16.6 Å². The van der Waals surface area contributed by atoms with Gasteiger partial charge in [-0.05, 0) is 67.2 Å². The fourth-order valence-electron chi connectivity index (χ4n) is 2.40. The first-order valence-electron chi connectivity index (χ1n) is 7.49. The minimum atomic E-state index is -3.47. The van der Waals surface area contributed by atoms with E-state index in [-0.39, 0.29) is 0 Å². The Morgan fingerprint density at radius 3 is 2.52 bits per heavy atom. The van der Waals surface area contributed by atoms with Gasteiger partial charge in [-0.15, -0.1) is 0 Å². The maximum atomic E-state index is 12.4. The van der Waals surface area contributed by atoms with E-state index in [1.54, 1.807) is 13.0 Å². The molecule has 1 N–H and O–H groups in total. The summed E-state index contributed by atoms with van der Waals surface area (Å²) in [5.74, 6) is 0. The molecule has 0 unspecified atom stereocenters. The summed E-state index contributed by atoms with van der Waals surface area (Å²) < 4.78 is 30.4. The molecule has 0 amide bonds. The van der Waals surface area contributed by atoms with Crippen LogP contribution in [0.4, 0.5) is 0 Å². The first-order chi connectivity index (χ1) is 10.7. The largest absolute Gasteiger partial charge is 0.268 e. The first-order valence-corrected chi connectivity index (χ1v) is 9.76. The third-order valence-corrected chi connectivity index (χ3v) is 6.52. The molecule has 0 radical (unpaired) electrons. The fraction of sp³-hybridized carbons (Fsp3) is 0.438. The van der Waals surface area contributed by atoms with Crippen LogP contribution in [0, 0.1) is 27.7 Å². The van der Waals surface area contributed by atoms with Crippen molar-refractivity contribution in [2.75, 3.05) is 6.54 Å². The number of nitrogens with one attached hydrogen (secondary N) is 1. The maximum Gasteiger partial charge on any atom is 0.240 e. The van der Waals surface area contributed by atoms with E-state index < -0.39 is 10.0 Å². The zero-order valence-electron chi connectivity index (χ0n) is 13.9. The smallest absolute Gasteiger partial charge is 0.240 e. The Labute approximate surface area is 146 Å². The summed E-state index contributed by atoms with van der Waals surface area (Å²) in [6.07, 6.45) is 0.679. The van der Waals surface area contributed by atoms with Gasteiger partial charge >= 0.3 is 0 Å². The van der Waals surface area contributed by atoms with Crippen LogP contribution in [0.3, 0.4) is 0 Å². The van der Waals surface area contributed by atoms with Crippen molar-refractivity contribution in [2.24, 2.45) is 0 Å². The van der Waals surface area contributed by atoms with Crippen LogP contribution in [0.5, 0.6) is 0 Å². The molecule has 2 aromatic rings. The highest BCUT2D eigenvalue weighted by atomic mass is 79.9. The molecule has 0 aliphatic carbocycles. The average Bonchev–Trinajstić information content (AvgIpc) is 2.73. The van der Waals surface area contributed by atoms with Gasteiger partial charge in [-0.1, -0.05) is 12.1 Å². The second kappa shape index (κ2) is 7.15. The van der Waals surface area contributed by atoms with Gasteiger partial charge < -0.3 is 0 Å². The second-order valence-electron chi connectivity index (χ2n) is 5.73. The fourth-order valence-corrected chi connectivity index (χ4v) is 4.09. The number of aromatic nitrogens is 2. The molecule has 1 aromatic carbocycles. The van der Waals surface area contributed by atoms with Crippen molar-refractivity contribution in [3.8, 4) is 0 Å². The highest BCUT2D eigenvalue weighted by Crippen LogP contribution is 2.20. The van der Waals surface area contributed by atoms with Crippen LogP contribution in [0.1, 0.15) is 28.9 Å². The van der Waals surface area contributed by atoms with E-state index in [1.807, 2.05) is 37.6 Å². The Hall–Kier alpha value is -1.18. The van der Waals surface area contributed by atoms with Crippen molar-refractivity contribution >= 4 is 26.0 Å². The topological polar surface area (TPSA) is 64.0 Å². The Kier molecular flexibility index (Phi) is 5.65. The SMILES string of the molecule is Cc1ccc(C)c(S(=O)(=O)NCCCn2nc(C)c(Br)c2C)c1. The molecule has 1 heterocycles. The first kappa shape index (κ1) is 18.2. The molecule has 0 aliphatic heterocycles. The Morgan fingerprint density at radius 2 is 1.91 bits per heavy atom.